The van der Waals surface area contributed by atoms with E-state index in [0.717, 1.165) is 37.1 Å². The first-order valence-electron chi connectivity index (χ1n) is 5.77. The molecule has 2 atom stereocenters. The van der Waals surface area contributed by atoms with Gasteiger partial charge in [0.1, 0.15) is 0 Å². The van der Waals surface area contributed by atoms with E-state index >= 15 is 0 Å². The molecule has 17 heavy (non-hydrogen) atoms. The van der Waals surface area contributed by atoms with Crippen molar-refractivity contribution in [2.45, 2.75) is 38.4 Å². The number of alkyl halides is 3. The molecule has 2 heterocycles. The summed E-state index contributed by atoms with van der Waals surface area (Å²) in [6, 6.07) is 0.0438. The molecule has 1 aliphatic rings. The molecule has 6 heteroatoms. The van der Waals surface area contributed by atoms with Crippen LogP contribution in [0.1, 0.15) is 42.1 Å². The van der Waals surface area contributed by atoms with Gasteiger partial charge in [-0.2, -0.15) is 13.2 Å². The molecule has 0 radical (unpaired) electrons. The highest BCUT2D eigenvalue weighted by Gasteiger charge is 2.35. The normalized spacial score (nSPS) is 26.1. The molecule has 0 aliphatic carbocycles. The van der Waals surface area contributed by atoms with Gasteiger partial charge in [0.2, 0.25) is 0 Å². The van der Waals surface area contributed by atoms with E-state index in [1.54, 1.807) is 0 Å². The van der Waals surface area contributed by atoms with Crippen molar-refractivity contribution in [2.24, 2.45) is 5.92 Å². The zero-order valence-electron chi connectivity index (χ0n) is 9.55. The third-order valence-electron chi connectivity index (χ3n) is 3.20. The van der Waals surface area contributed by atoms with Crippen molar-refractivity contribution >= 4 is 11.3 Å². The fourth-order valence-electron chi connectivity index (χ4n) is 2.16. The summed E-state index contributed by atoms with van der Waals surface area (Å²) in [7, 11) is 0. The van der Waals surface area contributed by atoms with Gasteiger partial charge in [0.25, 0.3) is 0 Å². The molecule has 2 nitrogen and oxygen atoms in total. The second-order valence-corrected chi connectivity index (χ2v) is 5.43. The van der Waals surface area contributed by atoms with Gasteiger partial charge < -0.3 is 5.32 Å². The number of nitrogens with one attached hydrogen (secondary N) is 1. The predicted octanol–water partition coefficient (Wildman–Crippen LogP) is 3.61. The Kier molecular flexibility index (Phi) is 3.73. The smallest absolute Gasteiger partial charge is 0.309 e. The van der Waals surface area contributed by atoms with E-state index in [2.05, 4.69) is 17.2 Å². The first-order valence-corrected chi connectivity index (χ1v) is 6.58. The standard InChI is InChI=1S/C11H15F3N2S/c1-2-7-3-4-15-8(5-7)9-6-16-10(17-9)11(12,13)14/h6-8,15H,2-5H2,1H3. The van der Waals surface area contributed by atoms with Crippen molar-refractivity contribution in [3.05, 3.63) is 16.1 Å². The molecule has 0 spiro atoms. The van der Waals surface area contributed by atoms with Gasteiger partial charge in [0, 0.05) is 17.1 Å². The van der Waals surface area contributed by atoms with Crippen LogP contribution >= 0.6 is 11.3 Å². The molecule has 96 valence electrons. The van der Waals surface area contributed by atoms with E-state index in [-0.39, 0.29) is 6.04 Å². The van der Waals surface area contributed by atoms with Crippen LogP contribution in [0.5, 0.6) is 0 Å². The number of aromatic nitrogens is 1. The number of hydrogen-bond donors (Lipinski definition) is 1. The lowest BCUT2D eigenvalue weighted by Crippen LogP contribution is -2.31. The summed E-state index contributed by atoms with van der Waals surface area (Å²) in [5.74, 6) is 0.609. The summed E-state index contributed by atoms with van der Waals surface area (Å²) < 4.78 is 37.3. The van der Waals surface area contributed by atoms with Crippen LogP contribution in [0, 0.1) is 5.92 Å². The molecule has 1 aromatic rings. The number of nitrogens with zero attached hydrogens (tertiary/aromatic N) is 1. The summed E-state index contributed by atoms with van der Waals surface area (Å²) >= 11 is 0.760. The fourth-order valence-corrected chi connectivity index (χ4v) is 3.03. The van der Waals surface area contributed by atoms with Crippen molar-refractivity contribution in [2.75, 3.05) is 6.54 Å². The van der Waals surface area contributed by atoms with Crippen molar-refractivity contribution < 1.29 is 13.2 Å². The van der Waals surface area contributed by atoms with E-state index in [4.69, 9.17) is 0 Å². The van der Waals surface area contributed by atoms with Gasteiger partial charge in [-0.15, -0.1) is 11.3 Å². The first-order chi connectivity index (χ1) is 8.00. The SMILES string of the molecule is CCC1CCNC(c2cnc(C(F)(F)F)s2)C1. The van der Waals surface area contributed by atoms with Gasteiger partial charge in [0.05, 0.1) is 0 Å². The summed E-state index contributed by atoms with van der Waals surface area (Å²) in [4.78, 5) is 4.17. The van der Waals surface area contributed by atoms with Crippen molar-refractivity contribution in [1.82, 2.24) is 10.3 Å². The van der Waals surface area contributed by atoms with Crippen LogP contribution in [-0.2, 0) is 6.18 Å². The lowest BCUT2D eigenvalue weighted by Gasteiger charge is -2.28. The summed E-state index contributed by atoms with van der Waals surface area (Å²) in [6.07, 6.45) is 0.155. The van der Waals surface area contributed by atoms with Gasteiger partial charge in [0.15, 0.2) is 5.01 Å². The molecular formula is C11H15F3N2S. The highest BCUT2D eigenvalue weighted by molar-refractivity contribution is 7.11. The van der Waals surface area contributed by atoms with E-state index in [1.807, 2.05) is 0 Å². The summed E-state index contributed by atoms with van der Waals surface area (Å²) in [5.41, 5.74) is 0. The summed E-state index contributed by atoms with van der Waals surface area (Å²) in [6.45, 7) is 3.00. The summed E-state index contributed by atoms with van der Waals surface area (Å²) in [5, 5.41) is 2.52. The molecule has 1 aromatic heterocycles. The van der Waals surface area contributed by atoms with Gasteiger partial charge in [-0.05, 0) is 25.3 Å². The Balaban J connectivity index is 2.09. The quantitative estimate of drug-likeness (QED) is 0.882. The highest BCUT2D eigenvalue weighted by atomic mass is 32.1. The van der Waals surface area contributed by atoms with Crippen molar-refractivity contribution in [3.63, 3.8) is 0 Å². The minimum atomic E-state index is -4.32. The molecule has 1 aliphatic heterocycles. The van der Waals surface area contributed by atoms with Crippen LogP contribution in [0.2, 0.25) is 0 Å². The van der Waals surface area contributed by atoms with E-state index in [0.29, 0.717) is 10.8 Å². The van der Waals surface area contributed by atoms with E-state index < -0.39 is 11.2 Å². The zero-order valence-corrected chi connectivity index (χ0v) is 10.4. The second kappa shape index (κ2) is 4.94. The Morgan fingerprint density at radius 2 is 2.29 bits per heavy atom. The molecule has 1 N–H and O–H groups in total. The molecular weight excluding hydrogens is 249 g/mol. The Morgan fingerprint density at radius 3 is 2.88 bits per heavy atom. The zero-order chi connectivity index (χ0) is 12.5. The minimum Gasteiger partial charge on any atom is -0.309 e. The van der Waals surface area contributed by atoms with Crippen LogP contribution in [0.3, 0.4) is 0 Å². The van der Waals surface area contributed by atoms with Gasteiger partial charge in [-0.25, -0.2) is 4.98 Å². The van der Waals surface area contributed by atoms with Gasteiger partial charge >= 0.3 is 6.18 Å². The maximum absolute atomic E-state index is 12.4. The molecule has 1 saturated heterocycles. The number of halogens is 3. The molecule has 2 rings (SSSR count). The van der Waals surface area contributed by atoms with Crippen molar-refractivity contribution in [1.29, 1.82) is 0 Å². The molecule has 0 saturated carbocycles. The first kappa shape index (κ1) is 12.8. The Bertz CT molecular complexity index is 375. The van der Waals surface area contributed by atoms with Gasteiger partial charge in [-0.1, -0.05) is 13.3 Å². The fraction of sp³-hybridized carbons (Fsp3) is 0.727. The van der Waals surface area contributed by atoms with Crippen molar-refractivity contribution in [3.8, 4) is 0 Å². The third kappa shape index (κ3) is 2.98. The third-order valence-corrected chi connectivity index (χ3v) is 4.36. The Labute approximate surface area is 102 Å². The Morgan fingerprint density at radius 1 is 1.53 bits per heavy atom. The molecule has 0 aromatic carbocycles. The lowest BCUT2D eigenvalue weighted by atomic mass is 9.90. The number of thiazole rings is 1. The van der Waals surface area contributed by atoms with Crippen LogP contribution < -0.4 is 5.32 Å². The molecule has 1 fully saturated rings. The topological polar surface area (TPSA) is 24.9 Å². The lowest BCUT2D eigenvalue weighted by molar-refractivity contribution is -0.137. The van der Waals surface area contributed by atoms with Crippen LogP contribution in [0.15, 0.2) is 6.20 Å². The van der Waals surface area contributed by atoms with Crippen LogP contribution in [0.25, 0.3) is 0 Å². The maximum atomic E-state index is 12.4. The largest absolute Gasteiger partial charge is 0.443 e. The second-order valence-electron chi connectivity index (χ2n) is 4.37. The average Bonchev–Trinajstić information content (AvgIpc) is 2.78. The van der Waals surface area contributed by atoms with Crippen LogP contribution in [0.4, 0.5) is 13.2 Å². The highest BCUT2D eigenvalue weighted by Crippen LogP contribution is 2.37. The molecule has 0 amide bonds. The Hall–Kier alpha value is -0.620. The molecule has 0 bridgehead atoms. The predicted molar refractivity (Wildman–Crippen MR) is 60.9 cm³/mol. The van der Waals surface area contributed by atoms with E-state index in [1.165, 1.54) is 6.20 Å². The number of rotatable bonds is 2. The maximum Gasteiger partial charge on any atom is 0.443 e. The monoisotopic (exact) mass is 264 g/mol. The van der Waals surface area contributed by atoms with Crippen LogP contribution in [-0.4, -0.2) is 11.5 Å². The van der Waals surface area contributed by atoms with E-state index in [9.17, 15) is 13.2 Å². The average molecular weight is 264 g/mol. The molecule has 2 unspecified atom stereocenters. The number of hydrogen-bond acceptors (Lipinski definition) is 3. The number of piperidine rings is 1. The van der Waals surface area contributed by atoms with Gasteiger partial charge in [-0.3, -0.25) is 0 Å². The minimum absolute atomic E-state index is 0.0438.